The van der Waals surface area contributed by atoms with Crippen LogP contribution in [0, 0.1) is 0 Å². The summed E-state index contributed by atoms with van der Waals surface area (Å²) in [6.45, 7) is 5.78. The van der Waals surface area contributed by atoms with Gasteiger partial charge in [-0.15, -0.1) is 0 Å². The van der Waals surface area contributed by atoms with Crippen LogP contribution < -0.4 is 4.90 Å². The van der Waals surface area contributed by atoms with Gasteiger partial charge in [0.2, 0.25) is 5.76 Å². The number of rotatable bonds is 5. The Morgan fingerprint density at radius 2 is 1.72 bits per heavy atom. The van der Waals surface area contributed by atoms with Crippen LogP contribution in [0.2, 0.25) is 0 Å². The van der Waals surface area contributed by atoms with Crippen LogP contribution >= 0.6 is 0 Å². The van der Waals surface area contributed by atoms with Gasteiger partial charge in [-0.1, -0.05) is 36.4 Å². The zero-order valence-corrected chi connectivity index (χ0v) is 16.5. The summed E-state index contributed by atoms with van der Waals surface area (Å²) < 4.78 is 11.0. The van der Waals surface area contributed by atoms with E-state index in [9.17, 15) is 9.59 Å². The lowest BCUT2D eigenvalue weighted by Gasteiger charge is -2.32. The first-order chi connectivity index (χ1) is 14.2. The molecule has 4 rings (SSSR count). The van der Waals surface area contributed by atoms with Crippen molar-refractivity contribution >= 4 is 22.8 Å². The van der Waals surface area contributed by atoms with E-state index in [2.05, 4.69) is 0 Å². The minimum absolute atomic E-state index is 0.0747. The number of amides is 1. The number of hydrogen-bond acceptors (Lipinski definition) is 4. The van der Waals surface area contributed by atoms with Crippen LogP contribution in [-0.2, 0) is 11.3 Å². The SMILES string of the molecule is CCOC(=O)c1oc2ccccc2c1C[NH+]1CCN(C(=O)c2ccccc2)CC1. The first kappa shape index (κ1) is 19.2. The summed E-state index contributed by atoms with van der Waals surface area (Å²) in [5, 5.41) is 0.950. The third kappa shape index (κ3) is 4.03. The summed E-state index contributed by atoms with van der Waals surface area (Å²) in [6, 6.07) is 17.1. The molecule has 1 aromatic heterocycles. The summed E-state index contributed by atoms with van der Waals surface area (Å²) in [7, 11) is 0. The van der Waals surface area contributed by atoms with Gasteiger partial charge in [0.25, 0.3) is 5.91 Å². The molecule has 1 saturated heterocycles. The first-order valence-corrected chi connectivity index (χ1v) is 10.0. The maximum absolute atomic E-state index is 12.7. The number of carbonyl (C=O) groups excluding carboxylic acids is 2. The van der Waals surface area contributed by atoms with Gasteiger partial charge in [0.05, 0.1) is 38.3 Å². The molecule has 1 aliphatic rings. The number of quaternary nitrogens is 1. The molecular weight excluding hydrogens is 368 g/mol. The molecule has 1 aliphatic heterocycles. The molecule has 0 saturated carbocycles. The standard InChI is InChI=1S/C23H24N2O4/c1-2-28-23(27)21-19(18-10-6-7-11-20(18)29-21)16-24-12-14-25(15-13-24)22(26)17-8-4-3-5-9-17/h3-11H,2,12-16H2,1H3/p+1. The molecule has 1 N–H and O–H groups in total. The quantitative estimate of drug-likeness (QED) is 0.675. The lowest BCUT2D eigenvalue weighted by Crippen LogP contribution is -3.13. The van der Waals surface area contributed by atoms with E-state index in [1.54, 1.807) is 6.92 Å². The van der Waals surface area contributed by atoms with Gasteiger partial charge in [-0.3, -0.25) is 4.79 Å². The predicted octanol–water partition coefficient (Wildman–Crippen LogP) is 2.15. The summed E-state index contributed by atoms with van der Waals surface area (Å²) in [5.74, 6) is -0.0510. The highest BCUT2D eigenvalue weighted by molar-refractivity contribution is 5.96. The van der Waals surface area contributed by atoms with Crippen molar-refractivity contribution in [2.24, 2.45) is 0 Å². The second kappa shape index (κ2) is 8.49. The minimum Gasteiger partial charge on any atom is -0.460 e. The van der Waals surface area contributed by atoms with Crippen molar-refractivity contribution in [3.05, 3.63) is 71.5 Å². The summed E-state index contributed by atoms with van der Waals surface area (Å²) in [6.07, 6.45) is 0. The van der Waals surface area contributed by atoms with E-state index in [0.717, 1.165) is 29.6 Å². The summed E-state index contributed by atoms with van der Waals surface area (Å²) in [5.41, 5.74) is 2.31. The maximum Gasteiger partial charge on any atom is 0.374 e. The third-order valence-corrected chi connectivity index (χ3v) is 5.36. The van der Waals surface area contributed by atoms with E-state index < -0.39 is 5.97 Å². The van der Waals surface area contributed by atoms with Gasteiger partial charge in [0.15, 0.2) is 0 Å². The van der Waals surface area contributed by atoms with Gasteiger partial charge in [0.1, 0.15) is 12.1 Å². The minimum atomic E-state index is -0.420. The smallest absolute Gasteiger partial charge is 0.374 e. The zero-order chi connectivity index (χ0) is 20.2. The van der Waals surface area contributed by atoms with Crippen LogP contribution in [0.5, 0.6) is 0 Å². The number of esters is 1. The second-order valence-corrected chi connectivity index (χ2v) is 7.21. The number of furan rings is 1. The van der Waals surface area contributed by atoms with Crippen molar-refractivity contribution in [1.29, 1.82) is 0 Å². The van der Waals surface area contributed by atoms with E-state index in [1.165, 1.54) is 4.90 Å². The number of ether oxygens (including phenoxy) is 1. The Balaban J connectivity index is 1.48. The van der Waals surface area contributed by atoms with E-state index in [0.29, 0.717) is 37.6 Å². The topological polar surface area (TPSA) is 64.2 Å². The Morgan fingerprint density at radius 1 is 1.03 bits per heavy atom. The van der Waals surface area contributed by atoms with E-state index in [-0.39, 0.29) is 5.91 Å². The van der Waals surface area contributed by atoms with Gasteiger partial charge in [-0.25, -0.2) is 4.79 Å². The molecule has 2 heterocycles. The number of nitrogens with zero attached hydrogens (tertiary/aromatic N) is 1. The summed E-state index contributed by atoms with van der Waals surface area (Å²) >= 11 is 0. The molecular formula is C23H25N2O4+. The normalized spacial score (nSPS) is 14.9. The Kier molecular flexibility index (Phi) is 5.62. The monoisotopic (exact) mass is 393 g/mol. The fourth-order valence-corrected chi connectivity index (χ4v) is 3.85. The van der Waals surface area contributed by atoms with Crippen molar-refractivity contribution in [3.8, 4) is 0 Å². The molecule has 2 aromatic carbocycles. The number of piperazine rings is 1. The number of hydrogen-bond donors (Lipinski definition) is 1. The molecule has 1 amide bonds. The van der Waals surface area contributed by atoms with Crippen molar-refractivity contribution in [3.63, 3.8) is 0 Å². The largest absolute Gasteiger partial charge is 0.460 e. The van der Waals surface area contributed by atoms with Crippen LogP contribution in [0.25, 0.3) is 11.0 Å². The van der Waals surface area contributed by atoms with Gasteiger partial charge >= 0.3 is 5.97 Å². The van der Waals surface area contributed by atoms with Crippen LogP contribution in [0.4, 0.5) is 0 Å². The molecule has 6 nitrogen and oxygen atoms in total. The average Bonchev–Trinajstić information content (AvgIpc) is 3.13. The molecule has 29 heavy (non-hydrogen) atoms. The first-order valence-electron chi connectivity index (χ1n) is 10.0. The number of fused-ring (bicyclic) bond motifs is 1. The van der Waals surface area contributed by atoms with Gasteiger partial charge in [-0.2, -0.15) is 0 Å². The van der Waals surface area contributed by atoms with Crippen molar-refractivity contribution in [1.82, 2.24) is 4.90 Å². The van der Waals surface area contributed by atoms with Gasteiger partial charge in [0, 0.05) is 10.9 Å². The molecule has 0 aliphatic carbocycles. The lowest BCUT2D eigenvalue weighted by atomic mass is 10.1. The van der Waals surface area contributed by atoms with Gasteiger partial charge < -0.3 is 19.0 Å². The molecule has 6 heteroatoms. The Labute approximate surface area is 169 Å². The Bertz CT molecular complexity index is 1000. The Hall–Kier alpha value is -3.12. The highest BCUT2D eigenvalue weighted by Gasteiger charge is 2.29. The molecule has 0 atom stereocenters. The van der Waals surface area contributed by atoms with Crippen molar-refractivity contribution in [2.75, 3.05) is 32.8 Å². The van der Waals surface area contributed by atoms with Crippen LogP contribution in [0.3, 0.4) is 0 Å². The number of benzene rings is 2. The number of carbonyl (C=O) groups is 2. The van der Waals surface area contributed by atoms with E-state index in [4.69, 9.17) is 9.15 Å². The van der Waals surface area contributed by atoms with E-state index in [1.807, 2.05) is 59.5 Å². The highest BCUT2D eigenvalue weighted by Crippen LogP contribution is 2.26. The maximum atomic E-state index is 12.7. The number of nitrogens with one attached hydrogen (secondary N) is 1. The van der Waals surface area contributed by atoms with Crippen molar-refractivity contribution in [2.45, 2.75) is 13.5 Å². The lowest BCUT2D eigenvalue weighted by molar-refractivity contribution is -0.917. The molecule has 0 unspecified atom stereocenters. The van der Waals surface area contributed by atoms with Gasteiger partial charge in [-0.05, 0) is 25.1 Å². The van der Waals surface area contributed by atoms with Crippen LogP contribution in [0.1, 0.15) is 33.4 Å². The number of para-hydroxylation sites is 1. The summed E-state index contributed by atoms with van der Waals surface area (Å²) in [4.78, 5) is 28.3. The van der Waals surface area contributed by atoms with Crippen LogP contribution in [0.15, 0.2) is 59.0 Å². The fraction of sp³-hybridized carbons (Fsp3) is 0.304. The molecule has 0 bridgehead atoms. The fourth-order valence-electron chi connectivity index (χ4n) is 3.85. The molecule has 3 aromatic rings. The van der Waals surface area contributed by atoms with E-state index >= 15 is 0 Å². The molecule has 1 fully saturated rings. The predicted molar refractivity (Wildman–Crippen MR) is 109 cm³/mol. The average molecular weight is 393 g/mol. The zero-order valence-electron chi connectivity index (χ0n) is 16.5. The van der Waals surface area contributed by atoms with Crippen molar-refractivity contribution < 1.29 is 23.6 Å². The highest BCUT2D eigenvalue weighted by atomic mass is 16.5. The third-order valence-electron chi connectivity index (χ3n) is 5.36. The molecule has 0 radical (unpaired) electrons. The molecule has 150 valence electrons. The van der Waals surface area contributed by atoms with Crippen LogP contribution in [-0.4, -0.2) is 49.6 Å². The molecule has 0 spiro atoms. The Morgan fingerprint density at radius 3 is 2.45 bits per heavy atom. The second-order valence-electron chi connectivity index (χ2n) is 7.21.